The molecule has 10 heteroatoms. The van der Waals surface area contributed by atoms with Crippen molar-refractivity contribution in [2.45, 2.75) is 18.7 Å². The monoisotopic (exact) mass is 299 g/mol. The zero-order valence-corrected chi connectivity index (χ0v) is 11.7. The largest absolute Gasteiger partial charge is 0.273 e. The molecule has 0 unspecified atom stereocenters. The van der Waals surface area contributed by atoms with Crippen LogP contribution in [-0.4, -0.2) is 26.4 Å². The summed E-state index contributed by atoms with van der Waals surface area (Å²) in [5.41, 5.74) is 8.76. The first-order chi connectivity index (χ1) is 9.29. The second-order valence-electron chi connectivity index (χ2n) is 3.99. The Morgan fingerprint density at radius 3 is 2.65 bits per heavy atom. The summed E-state index contributed by atoms with van der Waals surface area (Å²) in [6.07, 6.45) is 0. The van der Waals surface area contributed by atoms with E-state index in [1.165, 1.54) is 6.07 Å². The molecule has 0 aromatic heterocycles. The number of hydrogen-bond acceptors (Lipinski definition) is 5. The maximum Gasteiger partial charge on any atom is 0.273 e. The zero-order chi connectivity index (χ0) is 15.3. The molecule has 1 aromatic rings. The van der Waals surface area contributed by atoms with Crippen LogP contribution in [0.1, 0.15) is 11.1 Å². The van der Waals surface area contributed by atoms with Crippen molar-refractivity contribution >= 4 is 15.7 Å². The molecule has 0 amide bonds. The van der Waals surface area contributed by atoms with Crippen molar-refractivity contribution < 1.29 is 13.3 Å². The third kappa shape index (κ3) is 3.67. The van der Waals surface area contributed by atoms with E-state index in [-0.39, 0.29) is 23.7 Å². The first-order valence-electron chi connectivity index (χ1n) is 5.55. The minimum atomic E-state index is -3.87. The maximum absolute atomic E-state index is 12.0. The van der Waals surface area contributed by atoms with Gasteiger partial charge in [0.25, 0.3) is 5.69 Å². The van der Waals surface area contributed by atoms with Gasteiger partial charge in [-0.05, 0) is 31.0 Å². The highest BCUT2D eigenvalue weighted by Gasteiger charge is 2.21. The average Bonchev–Trinajstić information content (AvgIpc) is 2.37. The highest BCUT2D eigenvalue weighted by atomic mass is 32.2. The van der Waals surface area contributed by atoms with Gasteiger partial charge in [-0.1, -0.05) is 5.11 Å². The number of azide groups is 1. The Kier molecular flexibility index (Phi) is 5.03. The first kappa shape index (κ1) is 15.9. The number of benzene rings is 1. The summed E-state index contributed by atoms with van der Waals surface area (Å²) < 4.78 is 26.1. The minimum absolute atomic E-state index is 0.0390. The fourth-order valence-electron chi connectivity index (χ4n) is 1.51. The predicted octanol–water partition coefficient (Wildman–Crippen LogP) is 1.80. The Balaban J connectivity index is 3.12. The van der Waals surface area contributed by atoms with Crippen molar-refractivity contribution in [3.05, 3.63) is 43.8 Å². The summed E-state index contributed by atoms with van der Waals surface area (Å²) >= 11 is 0. The van der Waals surface area contributed by atoms with Gasteiger partial charge < -0.3 is 0 Å². The Morgan fingerprint density at radius 2 is 2.10 bits per heavy atom. The molecule has 1 aromatic carbocycles. The van der Waals surface area contributed by atoms with Crippen LogP contribution in [-0.2, 0) is 10.0 Å². The zero-order valence-electron chi connectivity index (χ0n) is 10.9. The number of nitrogens with one attached hydrogen (secondary N) is 1. The third-order valence-corrected chi connectivity index (χ3v) is 4.13. The van der Waals surface area contributed by atoms with Crippen molar-refractivity contribution in [2.75, 3.05) is 13.1 Å². The second-order valence-corrected chi connectivity index (χ2v) is 5.76. The number of sulfonamides is 1. The fraction of sp³-hybridized carbons (Fsp3) is 0.400. The maximum atomic E-state index is 12.0. The molecular weight excluding hydrogens is 286 g/mol. The lowest BCUT2D eigenvalue weighted by molar-refractivity contribution is -0.385. The Morgan fingerprint density at radius 1 is 1.45 bits per heavy atom. The van der Waals surface area contributed by atoms with Crippen LogP contribution in [0.5, 0.6) is 0 Å². The van der Waals surface area contributed by atoms with Gasteiger partial charge in [0.1, 0.15) is 0 Å². The minimum Gasteiger partial charge on any atom is -0.258 e. The lowest BCUT2D eigenvalue weighted by atomic mass is 10.1. The lowest BCUT2D eigenvalue weighted by Gasteiger charge is -2.08. The molecular formula is C10H13N5O4S. The van der Waals surface area contributed by atoms with Gasteiger partial charge in [0.05, 0.1) is 9.82 Å². The summed E-state index contributed by atoms with van der Waals surface area (Å²) in [5.74, 6) is 0. The molecule has 1 rings (SSSR count). The SMILES string of the molecule is Cc1cc(S(=O)(=O)NCCN=[N+]=[N-])cc([N+](=O)[O-])c1C. The van der Waals surface area contributed by atoms with Crippen molar-refractivity contribution in [1.29, 1.82) is 0 Å². The molecule has 0 aliphatic rings. The van der Waals surface area contributed by atoms with Crippen molar-refractivity contribution in [1.82, 2.24) is 4.72 Å². The van der Waals surface area contributed by atoms with Crippen LogP contribution in [0.15, 0.2) is 22.1 Å². The van der Waals surface area contributed by atoms with Crippen LogP contribution in [0.4, 0.5) is 5.69 Å². The number of rotatable bonds is 6. The van der Waals surface area contributed by atoms with E-state index in [0.717, 1.165) is 6.07 Å². The van der Waals surface area contributed by atoms with Crippen LogP contribution in [0.3, 0.4) is 0 Å². The number of aryl methyl sites for hydroxylation is 1. The fourth-order valence-corrected chi connectivity index (χ4v) is 2.64. The van der Waals surface area contributed by atoms with Gasteiger partial charge in [0.15, 0.2) is 0 Å². The molecule has 0 saturated carbocycles. The molecule has 20 heavy (non-hydrogen) atoms. The van der Waals surface area contributed by atoms with E-state index in [9.17, 15) is 18.5 Å². The predicted molar refractivity (Wildman–Crippen MR) is 71.8 cm³/mol. The lowest BCUT2D eigenvalue weighted by Crippen LogP contribution is -2.26. The third-order valence-electron chi connectivity index (χ3n) is 2.69. The van der Waals surface area contributed by atoms with E-state index in [0.29, 0.717) is 11.1 Å². The van der Waals surface area contributed by atoms with Crippen LogP contribution in [0.25, 0.3) is 10.4 Å². The van der Waals surface area contributed by atoms with E-state index in [4.69, 9.17) is 5.53 Å². The van der Waals surface area contributed by atoms with Gasteiger partial charge >= 0.3 is 0 Å². The number of nitro benzene ring substituents is 1. The normalized spacial score (nSPS) is 10.9. The van der Waals surface area contributed by atoms with Gasteiger partial charge in [0, 0.05) is 29.6 Å². The van der Waals surface area contributed by atoms with E-state index in [1.54, 1.807) is 13.8 Å². The molecule has 108 valence electrons. The highest BCUT2D eigenvalue weighted by molar-refractivity contribution is 7.89. The molecule has 0 atom stereocenters. The quantitative estimate of drug-likeness (QED) is 0.214. The molecule has 0 fully saturated rings. The molecule has 0 heterocycles. The topological polar surface area (TPSA) is 138 Å². The van der Waals surface area contributed by atoms with Crippen LogP contribution in [0, 0.1) is 24.0 Å². The molecule has 0 spiro atoms. The highest BCUT2D eigenvalue weighted by Crippen LogP contribution is 2.25. The van der Waals surface area contributed by atoms with Gasteiger partial charge in [-0.2, -0.15) is 0 Å². The molecule has 0 bridgehead atoms. The number of nitrogens with zero attached hydrogens (tertiary/aromatic N) is 4. The van der Waals surface area contributed by atoms with Crippen molar-refractivity contribution in [3.8, 4) is 0 Å². The summed E-state index contributed by atoms with van der Waals surface area (Å²) in [7, 11) is -3.87. The Bertz CT molecular complexity index is 679. The smallest absolute Gasteiger partial charge is 0.258 e. The van der Waals surface area contributed by atoms with Crippen LogP contribution < -0.4 is 4.72 Å². The van der Waals surface area contributed by atoms with Gasteiger partial charge in [0.2, 0.25) is 10.0 Å². The molecule has 9 nitrogen and oxygen atoms in total. The van der Waals surface area contributed by atoms with E-state index in [2.05, 4.69) is 14.7 Å². The summed E-state index contributed by atoms with van der Waals surface area (Å²) in [5, 5.41) is 14.1. The van der Waals surface area contributed by atoms with E-state index in [1.807, 2.05) is 0 Å². The van der Waals surface area contributed by atoms with Crippen molar-refractivity contribution in [3.63, 3.8) is 0 Å². The molecule has 0 radical (unpaired) electrons. The summed E-state index contributed by atoms with van der Waals surface area (Å²) in [6.45, 7) is 3.04. The standard InChI is InChI=1S/C10H13N5O4S/c1-7-5-9(6-10(8(7)2)15(16)17)20(18,19)13-4-3-12-14-11/h5-6,13H,3-4H2,1-2H3. The van der Waals surface area contributed by atoms with E-state index < -0.39 is 14.9 Å². The van der Waals surface area contributed by atoms with Crippen LogP contribution in [0.2, 0.25) is 0 Å². The molecule has 0 saturated heterocycles. The average molecular weight is 299 g/mol. The first-order valence-corrected chi connectivity index (χ1v) is 7.04. The molecule has 0 aliphatic heterocycles. The summed E-state index contributed by atoms with van der Waals surface area (Å²) in [4.78, 5) is 12.6. The van der Waals surface area contributed by atoms with Crippen molar-refractivity contribution in [2.24, 2.45) is 5.11 Å². The van der Waals surface area contributed by atoms with E-state index >= 15 is 0 Å². The molecule has 0 aliphatic carbocycles. The van der Waals surface area contributed by atoms with Gasteiger partial charge in [-0.15, -0.1) is 0 Å². The Labute approximate surface area is 115 Å². The second kappa shape index (κ2) is 6.33. The van der Waals surface area contributed by atoms with Gasteiger partial charge in [-0.25, -0.2) is 13.1 Å². The van der Waals surface area contributed by atoms with Crippen LogP contribution >= 0.6 is 0 Å². The Hall–Kier alpha value is -2.16. The molecule has 1 N–H and O–H groups in total. The summed E-state index contributed by atoms with van der Waals surface area (Å²) in [6, 6.07) is 2.37. The number of hydrogen-bond donors (Lipinski definition) is 1. The number of nitro groups is 1. The van der Waals surface area contributed by atoms with Gasteiger partial charge in [-0.3, -0.25) is 10.1 Å².